The van der Waals surface area contributed by atoms with Crippen LogP contribution in [0.5, 0.6) is 11.5 Å². The molecule has 0 spiro atoms. The molecule has 0 fully saturated rings. The minimum absolute atomic E-state index is 0.197. The minimum atomic E-state index is -0.321. The summed E-state index contributed by atoms with van der Waals surface area (Å²) in [7, 11) is 3.08. The normalized spacial score (nSPS) is 10.4. The van der Waals surface area contributed by atoms with Crippen LogP contribution >= 0.6 is 23.1 Å². The summed E-state index contributed by atoms with van der Waals surface area (Å²) in [6.07, 6.45) is 2.45. The van der Waals surface area contributed by atoms with Crippen molar-refractivity contribution in [1.29, 1.82) is 0 Å². The van der Waals surface area contributed by atoms with Crippen molar-refractivity contribution in [3.63, 3.8) is 0 Å². The van der Waals surface area contributed by atoms with Crippen molar-refractivity contribution in [3.05, 3.63) is 58.6 Å². The van der Waals surface area contributed by atoms with Crippen molar-refractivity contribution < 1.29 is 19.1 Å². The molecular formula is C21H22N4O4S2. The fraction of sp³-hybridized carbons (Fsp3) is 0.238. The van der Waals surface area contributed by atoms with E-state index in [1.54, 1.807) is 49.2 Å². The van der Waals surface area contributed by atoms with Crippen LogP contribution in [0.15, 0.2) is 47.4 Å². The number of benzene rings is 2. The van der Waals surface area contributed by atoms with Crippen molar-refractivity contribution in [2.24, 2.45) is 0 Å². The monoisotopic (exact) mass is 458 g/mol. The molecule has 3 rings (SSSR count). The summed E-state index contributed by atoms with van der Waals surface area (Å²) in [4.78, 5) is 25.8. The lowest BCUT2D eigenvalue weighted by atomic mass is 10.2. The molecule has 162 valence electrons. The Labute approximate surface area is 188 Å². The number of nitrogens with zero attached hydrogens (tertiary/aromatic N) is 2. The molecule has 3 aromatic rings. The number of amides is 2. The Bertz CT molecular complexity index is 1070. The number of carbonyl (C=O) groups is 2. The predicted molar refractivity (Wildman–Crippen MR) is 122 cm³/mol. The second-order valence-electron chi connectivity index (χ2n) is 6.26. The third-order valence-corrected chi connectivity index (χ3v) is 5.92. The van der Waals surface area contributed by atoms with Crippen molar-refractivity contribution in [3.8, 4) is 11.5 Å². The van der Waals surface area contributed by atoms with Crippen molar-refractivity contribution >= 4 is 40.0 Å². The van der Waals surface area contributed by atoms with Crippen LogP contribution in [0.1, 0.15) is 25.7 Å². The molecule has 1 aromatic heterocycles. The molecule has 0 atom stereocenters. The van der Waals surface area contributed by atoms with Gasteiger partial charge in [0, 0.05) is 23.4 Å². The van der Waals surface area contributed by atoms with E-state index in [9.17, 15) is 9.59 Å². The maximum atomic E-state index is 12.6. The molecule has 0 radical (unpaired) electrons. The fourth-order valence-corrected chi connectivity index (χ4v) is 3.87. The van der Waals surface area contributed by atoms with Gasteiger partial charge in [0.25, 0.3) is 11.8 Å². The zero-order valence-electron chi connectivity index (χ0n) is 17.3. The number of carbonyl (C=O) groups excluding carboxylic acids is 2. The number of methoxy groups -OCH3 is 2. The lowest BCUT2D eigenvalue weighted by Crippen LogP contribution is -2.25. The van der Waals surface area contributed by atoms with Gasteiger partial charge in [0.15, 0.2) is 0 Å². The zero-order chi connectivity index (χ0) is 22.2. The zero-order valence-corrected chi connectivity index (χ0v) is 18.9. The van der Waals surface area contributed by atoms with Gasteiger partial charge in [-0.3, -0.25) is 14.9 Å². The molecule has 8 nitrogen and oxygen atoms in total. The summed E-state index contributed by atoms with van der Waals surface area (Å²) >= 11 is 2.83. The lowest BCUT2D eigenvalue weighted by Gasteiger charge is -2.09. The SMILES string of the molecule is COc1cccc(C(=O)NCCc2nnc(NC(=O)c3ccc(SC)cc3OC)s2)c1. The third-order valence-electron chi connectivity index (χ3n) is 4.30. The molecule has 0 aliphatic carbocycles. The average Bonchev–Trinajstić information content (AvgIpc) is 3.25. The predicted octanol–water partition coefficient (Wildman–Crippen LogP) is 3.50. The number of nitrogens with one attached hydrogen (secondary N) is 2. The van der Waals surface area contributed by atoms with Gasteiger partial charge in [-0.25, -0.2) is 0 Å². The van der Waals surface area contributed by atoms with Crippen LogP contribution in [0.2, 0.25) is 0 Å². The molecule has 0 bridgehead atoms. The highest BCUT2D eigenvalue weighted by Crippen LogP contribution is 2.26. The maximum Gasteiger partial charge on any atom is 0.261 e. The van der Waals surface area contributed by atoms with E-state index in [0.29, 0.717) is 45.7 Å². The standard InChI is InChI=1S/C21H22N4O4S2/c1-28-14-6-4-5-13(11-14)19(26)22-10-9-18-24-25-21(31-18)23-20(27)16-8-7-15(30-3)12-17(16)29-2/h4-8,11-12H,9-10H2,1-3H3,(H,22,26)(H,23,25,27). The molecule has 10 heteroatoms. The molecule has 0 unspecified atom stereocenters. The van der Waals surface area contributed by atoms with Crippen molar-refractivity contribution in [2.75, 3.05) is 32.3 Å². The average molecular weight is 459 g/mol. The molecule has 0 saturated heterocycles. The Balaban J connectivity index is 1.54. The Hall–Kier alpha value is -3.11. The Morgan fingerprint density at radius 2 is 1.90 bits per heavy atom. The van der Waals surface area contributed by atoms with E-state index in [1.165, 1.54) is 18.4 Å². The number of anilines is 1. The summed E-state index contributed by atoms with van der Waals surface area (Å²) in [5, 5.41) is 14.8. The first kappa shape index (κ1) is 22.6. The largest absolute Gasteiger partial charge is 0.497 e. The van der Waals surface area contributed by atoms with Gasteiger partial charge in [-0.1, -0.05) is 17.4 Å². The van der Waals surface area contributed by atoms with Gasteiger partial charge in [-0.05, 0) is 42.7 Å². The Morgan fingerprint density at radius 3 is 2.65 bits per heavy atom. The topological polar surface area (TPSA) is 102 Å². The fourth-order valence-electron chi connectivity index (χ4n) is 2.71. The van der Waals surface area contributed by atoms with Crippen LogP contribution < -0.4 is 20.1 Å². The Morgan fingerprint density at radius 1 is 1.06 bits per heavy atom. The van der Waals surface area contributed by atoms with E-state index in [0.717, 1.165) is 4.90 Å². The molecule has 0 aliphatic heterocycles. The van der Waals surface area contributed by atoms with E-state index in [-0.39, 0.29) is 11.8 Å². The number of aromatic nitrogens is 2. The van der Waals surface area contributed by atoms with Gasteiger partial charge in [0.05, 0.1) is 19.8 Å². The first-order valence-electron chi connectivity index (χ1n) is 9.32. The van der Waals surface area contributed by atoms with Crippen LogP contribution in [-0.2, 0) is 6.42 Å². The number of rotatable bonds is 9. The molecule has 0 saturated carbocycles. The van der Waals surface area contributed by atoms with E-state index in [2.05, 4.69) is 20.8 Å². The molecule has 2 aromatic carbocycles. The molecular weight excluding hydrogens is 436 g/mol. The van der Waals surface area contributed by atoms with Crippen LogP contribution in [0, 0.1) is 0 Å². The molecule has 0 aliphatic rings. The summed E-state index contributed by atoms with van der Waals surface area (Å²) < 4.78 is 10.5. The van der Waals surface area contributed by atoms with Crippen LogP contribution in [0.25, 0.3) is 0 Å². The molecule has 2 N–H and O–H groups in total. The molecule has 31 heavy (non-hydrogen) atoms. The minimum Gasteiger partial charge on any atom is -0.497 e. The van der Waals surface area contributed by atoms with Gasteiger partial charge in [0.2, 0.25) is 5.13 Å². The second kappa shape index (κ2) is 10.8. The molecule has 1 heterocycles. The van der Waals surface area contributed by atoms with Crippen LogP contribution in [-0.4, -0.2) is 49.0 Å². The highest BCUT2D eigenvalue weighted by Gasteiger charge is 2.15. The second-order valence-corrected chi connectivity index (χ2v) is 8.20. The summed E-state index contributed by atoms with van der Waals surface area (Å²) in [6, 6.07) is 12.3. The lowest BCUT2D eigenvalue weighted by molar-refractivity contribution is 0.0952. The van der Waals surface area contributed by atoms with E-state index in [1.807, 2.05) is 18.4 Å². The first-order valence-corrected chi connectivity index (χ1v) is 11.4. The number of hydrogen-bond acceptors (Lipinski definition) is 8. The van der Waals surface area contributed by atoms with Gasteiger partial charge in [-0.15, -0.1) is 22.0 Å². The maximum absolute atomic E-state index is 12.6. The highest BCUT2D eigenvalue weighted by molar-refractivity contribution is 7.98. The van der Waals surface area contributed by atoms with Crippen LogP contribution in [0.4, 0.5) is 5.13 Å². The Kier molecular flexibility index (Phi) is 7.85. The van der Waals surface area contributed by atoms with Gasteiger partial charge < -0.3 is 14.8 Å². The third kappa shape index (κ3) is 5.96. The smallest absolute Gasteiger partial charge is 0.261 e. The van der Waals surface area contributed by atoms with E-state index >= 15 is 0 Å². The van der Waals surface area contributed by atoms with Crippen molar-refractivity contribution in [1.82, 2.24) is 15.5 Å². The van der Waals surface area contributed by atoms with Gasteiger partial charge >= 0.3 is 0 Å². The quantitative estimate of drug-likeness (QED) is 0.473. The number of thioether (sulfide) groups is 1. The molecule has 2 amide bonds. The summed E-state index contributed by atoms with van der Waals surface area (Å²) in [5.41, 5.74) is 0.939. The van der Waals surface area contributed by atoms with Crippen LogP contribution in [0.3, 0.4) is 0 Å². The first-order chi connectivity index (χ1) is 15.0. The van der Waals surface area contributed by atoms with Gasteiger partial charge in [0.1, 0.15) is 16.5 Å². The van der Waals surface area contributed by atoms with E-state index in [4.69, 9.17) is 9.47 Å². The van der Waals surface area contributed by atoms with Gasteiger partial charge in [-0.2, -0.15) is 0 Å². The summed E-state index contributed by atoms with van der Waals surface area (Å²) in [5.74, 6) is 0.600. The van der Waals surface area contributed by atoms with Crippen molar-refractivity contribution in [2.45, 2.75) is 11.3 Å². The number of hydrogen-bond donors (Lipinski definition) is 2. The summed E-state index contributed by atoms with van der Waals surface area (Å²) in [6.45, 7) is 0.391. The number of ether oxygens (including phenoxy) is 2. The van der Waals surface area contributed by atoms with E-state index < -0.39 is 0 Å². The highest BCUT2D eigenvalue weighted by atomic mass is 32.2.